The highest BCUT2D eigenvalue weighted by atomic mass is 16.6. The molecule has 0 bridgehead atoms. The van der Waals surface area contributed by atoms with Gasteiger partial charge in [0.1, 0.15) is 0 Å². The van der Waals surface area contributed by atoms with E-state index in [-0.39, 0.29) is 23.4 Å². The minimum Gasteiger partial charge on any atom is -0.481 e. The molecule has 7 heteroatoms. The number of fused-ring (bicyclic) bond motifs is 1. The number of carbonyl (C=O) groups is 2. The van der Waals surface area contributed by atoms with Crippen LogP contribution in [0.3, 0.4) is 0 Å². The van der Waals surface area contributed by atoms with E-state index in [9.17, 15) is 19.7 Å². The van der Waals surface area contributed by atoms with Gasteiger partial charge in [-0.2, -0.15) is 0 Å². The fraction of sp³-hybridized carbons (Fsp3) is 0.500. The monoisotopic (exact) mass is 318 g/mol. The molecule has 1 N–H and O–H groups in total. The number of anilines is 1. The van der Waals surface area contributed by atoms with Crippen molar-refractivity contribution in [3.8, 4) is 0 Å². The van der Waals surface area contributed by atoms with E-state index in [1.54, 1.807) is 17.0 Å². The molecule has 1 fully saturated rings. The van der Waals surface area contributed by atoms with Crippen molar-refractivity contribution in [2.24, 2.45) is 11.8 Å². The van der Waals surface area contributed by atoms with Gasteiger partial charge in [-0.3, -0.25) is 19.7 Å². The fourth-order valence-electron chi connectivity index (χ4n) is 3.62. The number of amides is 1. The van der Waals surface area contributed by atoms with Gasteiger partial charge in [-0.15, -0.1) is 0 Å². The largest absolute Gasteiger partial charge is 0.481 e. The first-order valence-corrected chi connectivity index (χ1v) is 7.79. The standard InChI is InChI=1S/C16H18N2O5/c19-15(10-4-6-11(7-5-10)16(20)21)17-9-8-12-13(17)2-1-3-14(12)18(22)23/h1-3,10-11H,4-9H2,(H,20,21). The Kier molecular flexibility index (Phi) is 4.02. The number of nitro benzene ring substituents is 1. The number of benzene rings is 1. The highest BCUT2D eigenvalue weighted by Gasteiger charge is 2.36. The summed E-state index contributed by atoms with van der Waals surface area (Å²) in [5.74, 6) is -1.37. The van der Waals surface area contributed by atoms with Gasteiger partial charge in [-0.05, 0) is 38.2 Å². The minimum absolute atomic E-state index is 0.0342. The third kappa shape index (κ3) is 2.78. The molecule has 1 aromatic rings. The number of carbonyl (C=O) groups excluding carboxylic acids is 1. The van der Waals surface area contributed by atoms with E-state index >= 15 is 0 Å². The number of hydrogen-bond donors (Lipinski definition) is 1. The topological polar surface area (TPSA) is 101 Å². The van der Waals surface area contributed by atoms with E-state index in [2.05, 4.69) is 0 Å². The average Bonchev–Trinajstić information content (AvgIpc) is 2.98. The van der Waals surface area contributed by atoms with Gasteiger partial charge in [0.15, 0.2) is 0 Å². The lowest BCUT2D eigenvalue weighted by molar-refractivity contribution is -0.385. The van der Waals surface area contributed by atoms with Gasteiger partial charge in [-0.25, -0.2) is 0 Å². The lowest BCUT2D eigenvalue weighted by Gasteiger charge is -2.29. The Morgan fingerprint density at radius 3 is 2.43 bits per heavy atom. The van der Waals surface area contributed by atoms with Gasteiger partial charge < -0.3 is 10.0 Å². The average molecular weight is 318 g/mol. The summed E-state index contributed by atoms with van der Waals surface area (Å²) in [6.07, 6.45) is 2.65. The van der Waals surface area contributed by atoms with Crippen molar-refractivity contribution in [3.63, 3.8) is 0 Å². The summed E-state index contributed by atoms with van der Waals surface area (Å²) in [5.41, 5.74) is 1.31. The molecule has 0 aromatic heterocycles. The van der Waals surface area contributed by atoms with E-state index in [4.69, 9.17) is 5.11 Å². The minimum atomic E-state index is -0.793. The molecule has 0 saturated heterocycles. The van der Waals surface area contributed by atoms with E-state index in [0.29, 0.717) is 49.9 Å². The van der Waals surface area contributed by atoms with Crippen LogP contribution in [0.2, 0.25) is 0 Å². The number of aliphatic carboxylic acids is 1. The summed E-state index contributed by atoms with van der Waals surface area (Å²) < 4.78 is 0. The molecule has 3 rings (SSSR count). The summed E-state index contributed by atoms with van der Waals surface area (Å²) in [6, 6.07) is 4.81. The number of carboxylic acids is 1. The molecule has 1 amide bonds. The van der Waals surface area contributed by atoms with Crippen molar-refractivity contribution < 1.29 is 19.6 Å². The Balaban J connectivity index is 1.76. The van der Waals surface area contributed by atoms with Crippen LogP contribution in [0.4, 0.5) is 11.4 Å². The van der Waals surface area contributed by atoms with Gasteiger partial charge in [0, 0.05) is 18.5 Å². The van der Waals surface area contributed by atoms with Gasteiger partial charge in [0.05, 0.1) is 22.1 Å². The first kappa shape index (κ1) is 15.5. The van der Waals surface area contributed by atoms with E-state index < -0.39 is 10.9 Å². The van der Waals surface area contributed by atoms with Crippen molar-refractivity contribution in [1.82, 2.24) is 0 Å². The molecule has 1 aromatic carbocycles. The van der Waals surface area contributed by atoms with Crippen LogP contribution in [0.1, 0.15) is 31.2 Å². The van der Waals surface area contributed by atoms with Crippen LogP contribution in [-0.2, 0) is 16.0 Å². The van der Waals surface area contributed by atoms with Crippen LogP contribution in [0.15, 0.2) is 18.2 Å². The lowest BCUT2D eigenvalue weighted by Crippen LogP contribution is -2.37. The summed E-state index contributed by atoms with van der Waals surface area (Å²) in [6.45, 7) is 0.456. The quantitative estimate of drug-likeness (QED) is 0.681. The van der Waals surface area contributed by atoms with Crippen molar-refractivity contribution in [2.75, 3.05) is 11.4 Å². The molecular formula is C16H18N2O5. The normalized spacial score (nSPS) is 23.4. The molecule has 0 radical (unpaired) electrons. The zero-order valence-electron chi connectivity index (χ0n) is 12.6. The molecule has 1 saturated carbocycles. The maximum atomic E-state index is 12.7. The number of carboxylic acid groups (broad SMARTS) is 1. The second-order valence-corrected chi connectivity index (χ2v) is 6.16. The molecule has 2 aliphatic rings. The smallest absolute Gasteiger partial charge is 0.306 e. The summed E-state index contributed by atoms with van der Waals surface area (Å²) in [7, 11) is 0. The molecule has 7 nitrogen and oxygen atoms in total. The number of rotatable bonds is 3. The third-order valence-electron chi connectivity index (χ3n) is 4.89. The Labute approximate surface area is 133 Å². The molecular weight excluding hydrogens is 300 g/mol. The second kappa shape index (κ2) is 5.98. The van der Waals surface area contributed by atoms with Gasteiger partial charge >= 0.3 is 5.97 Å². The van der Waals surface area contributed by atoms with Crippen molar-refractivity contribution in [2.45, 2.75) is 32.1 Å². The van der Waals surface area contributed by atoms with Gasteiger partial charge in [0.2, 0.25) is 5.91 Å². The zero-order chi connectivity index (χ0) is 16.6. The van der Waals surface area contributed by atoms with Crippen LogP contribution in [0.25, 0.3) is 0 Å². The van der Waals surface area contributed by atoms with E-state index in [1.807, 2.05) is 0 Å². The van der Waals surface area contributed by atoms with Crippen LogP contribution in [0.5, 0.6) is 0 Å². The predicted octanol–water partition coefficient (Wildman–Crippen LogP) is 2.37. The van der Waals surface area contributed by atoms with Crippen molar-refractivity contribution in [1.29, 1.82) is 0 Å². The molecule has 23 heavy (non-hydrogen) atoms. The first-order chi connectivity index (χ1) is 11.0. The molecule has 1 aliphatic carbocycles. The maximum Gasteiger partial charge on any atom is 0.306 e. The van der Waals surface area contributed by atoms with Crippen LogP contribution in [-0.4, -0.2) is 28.5 Å². The fourth-order valence-corrected chi connectivity index (χ4v) is 3.62. The van der Waals surface area contributed by atoms with Crippen molar-refractivity contribution >= 4 is 23.3 Å². The van der Waals surface area contributed by atoms with Gasteiger partial charge in [-0.1, -0.05) is 6.07 Å². The summed E-state index contributed by atoms with van der Waals surface area (Å²) >= 11 is 0. The number of nitrogens with zero attached hydrogens (tertiary/aromatic N) is 2. The Morgan fingerprint density at radius 2 is 1.83 bits per heavy atom. The highest BCUT2D eigenvalue weighted by Crippen LogP contribution is 2.38. The Bertz CT molecular complexity index is 664. The Hall–Kier alpha value is -2.44. The van der Waals surface area contributed by atoms with Crippen molar-refractivity contribution in [3.05, 3.63) is 33.9 Å². The molecule has 0 atom stereocenters. The molecule has 1 aliphatic heterocycles. The lowest BCUT2D eigenvalue weighted by atomic mass is 9.81. The van der Waals surface area contributed by atoms with E-state index in [0.717, 1.165) is 0 Å². The van der Waals surface area contributed by atoms with E-state index in [1.165, 1.54) is 6.07 Å². The third-order valence-corrected chi connectivity index (χ3v) is 4.89. The molecule has 0 unspecified atom stereocenters. The predicted molar refractivity (Wildman–Crippen MR) is 82.2 cm³/mol. The molecule has 1 heterocycles. The van der Waals surface area contributed by atoms with Crippen LogP contribution < -0.4 is 4.90 Å². The number of nitro groups is 1. The molecule has 122 valence electrons. The van der Waals surface area contributed by atoms with Crippen LogP contribution in [0, 0.1) is 22.0 Å². The summed E-state index contributed by atoms with van der Waals surface area (Å²) in [4.78, 5) is 36.0. The first-order valence-electron chi connectivity index (χ1n) is 7.79. The highest BCUT2D eigenvalue weighted by molar-refractivity contribution is 5.97. The SMILES string of the molecule is O=C(O)C1CCC(C(=O)N2CCc3c2cccc3[N+](=O)[O-])CC1. The zero-order valence-corrected chi connectivity index (χ0v) is 12.6. The second-order valence-electron chi connectivity index (χ2n) is 6.16. The summed E-state index contributed by atoms with van der Waals surface area (Å²) in [5, 5.41) is 20.1. The number of hydrogen-bond acceptors (Lipinski definition) is 4. The Morgan fingerprint density at radius 1 is 1.17 bits per heavy atom. The van der Waals surface area contributed by atoms with Crippen LogP contribution >= 0.6 is 0 Å². The maximum absolute atomic E-state index is 12.7. The van der Waals surface area contributed by atoms with Gasteiger partial charge in [0.25, 0.3) is 5.69 Å². The molecule has 0 spiro atoms.